The van der Waals surface area contributed by atoms with Gasteiger partial charge in [0.15, 0.2) is 6.29 Å². The summed E-state index contributed by atoms with van der Waals surface area (Å²) in [6.07, 6.45) is 1.70. The molecule has 1 N–H and O–H groups in total. The fraction of sp³-hybridized carbons (Fsp3) is 0. The largest absolute Gasteiger partial charge is 0.297 e. The minimum absolute atomic E-state index is 0.570. The Labute approximate surface area is 75.0 Å². The normalized spacial score (nSPS) is 10.1. The third-order valence-corrected chi connectivity index (χ3v) is 1.52. The molecule has 0 saturated heterocycles. The average molecular weight is 183 g/mol. The first kappa shape index (κ1) is 8.74. The minimum Gasteiger partial charge on any atom is -0.297 e. The molecule has 0 unspecified atom stereocenters. The van der Waals surface area contributed by atoms with E-state index in [0.717, 1.165) is 6.21 Å². The molecule has 62 valence electrons. The van der Waals surface area contributed by atoms with Gasteiger partial charge in [0.1, 0.15) is 0 Å². The second-order valence-electron chi connectivity index (χ2n) is 2.01. The van der Waals surface area contributed by atoms with Gasteiger partial charge in [-0.2, -0.15) is 5.10 Å². The first-order valence-electron chi connectivity index (χ1n) is 3.32. The Kier molecular flexibility index (Phi) is 3.29. The van der Waals surface area contributed by atoms with Gasteiger partial charge < -0.3 is 0 Å². The summed E-state index contributed by atoms with van der Waals surface area (Å²) in [6, 6.07) is 7.15. The van der Waals surface area contributed by atoms with Gasteiger partial charge in [0.25, 0.3) is 0 Å². The number of benzene rings is 1. The van der Waals surface area contributed by atoms with Gasteiger partial charge in [0.2, 0.25) is 0 Å². The van der Waals surface area contributed by atoms with Crippen LogP contribution in [0.15, 0.2) is 29.4 Å². The maximum absolute atomic E-state index is 9.86. The molecule has 0 saturated carbocycles. The zero-order valence-corrected chi connectivity index (χ0v) is 6.95. The van der Waals surface area contributed by atoms with Crippen molar-refractivity contribution in [2.75, 3.05) is 5.43 Å². The zero-order chi connectivity index (χ0) is 8.81. The number of nitrogens with zero attached hydrogens (tertiary/aromatic N) is 1. The molecule has 4 heteroatoms. The average Bonchev–Trinajstić information content (AvgIpc) is 2.09. The van der Waals surface area contributed by atoms with E-state index in [4.69, 9.17) is 11.6 Å². The molecule has 0 aliphatic rings. The van der Waals surface area contributed by atoms with E-state index in [1.54, 1.807) is 12.1 Å². The molecule has 1 aromatic rings. The van der Waals surface area contributed by atoms with Crippen molar-refractivity contribution in [3.63, 3.8) is 0 Å². The number of nitrogens with one attached hydrogen (secondary N) is 1. The smallest absolute Gasteiger partial charge is 0.162 e. The molecule has 0 aromatic heterocycles. The van der Waals surface area contributed by atoms with E-state index in [2.05, 4.69) is 10.5 Å². The number of hydrazone groups is 1. The van der Waals surface area contributed by atoms with E-state index in [-0.39, 0.29) is 0 Å². The number of hydrogen-bond acceptors (Lipinski definition) is 3. The van der Waals surface area contributed by atoms with Crippen LogP contribution in [-0.4, -0.2) is 12.5 Å². The molecule has 0 amide bonds. The predicted octanol–water partition coefficient (Wildman–Crippen LogP) is 1.94. The third-order valence-electron chi connectivity index (χ3n) is 1.19. The maximum Gasteiger partial charge on any atom is 0.162 e. The van der Waals surface area contributed by atoms with Gasteiger partial charge in [-0.05, 0) is 12.1 Å². The van der Waals surface area contributed by atoms with Gasteiger partial charge in [-0.1, -0.05) is 23.7 Å². The number of carbonyl (C=O) groups excluding carboxylic acids is 1. The van der Waals surface area contributed by atoms with E-state index >= 15 is 0 Å². The minimum atomic E-state index is 0.570. The summed E-state index contributed by atoms with van der Waals surface area (Å²) in [5.74, 6) is 0. The standard InChI is InChI=1S/C8H7ClN2O/c9-7-3-1-2-4-8(7)11-10-5-6-12/h1-6,11H. The van der Waals surface area contributed by atoms with Crippen LogP contribution in [0.1, 0.15) is 0 Å². The fourth-order valence-electron chi connectivity index (χ4n) is 0.689. The monoisotopic (exact) mass is 182 g/mol. The molecule has 3 nitrogen and oxygen atoms in total. The summed E-state index contributed by atoms with van der Waals surface area (Å²) in [7, 11) is 0. The zero-order valence-electron chi connectivity index (χ0n) is 6.20. The van der Waals surface area contributed by atoms with E-state index in [9.17, 15) is 4.79 Å². The first-order chi connectivity index (χ1) is 5.84. The molecule has 0 radical (unpaired) electrons. The Morgan fingerprint density at radius 2 is 2.17 bits per heavy atom. The highest BCUT2D eigenvalue weighted by Gasteiger charge is 1.93. The predicted molar refractivity (Wildman–Crippen MR) is 49.6 cm³/mol. The van der Waals surface area contributed by atoms with Gasteiger partial charge in [0.05, 0.1) is 16.9 Å². The summed E-state index contributed by atoms with van der Waals surface area (Å²) in [5, 5.41) is 4.16. The molecule has 1 rings (SSSR count). The van der Waals surface area contributed by atoms with Crippen molar-refractivity contribution in [1.29, 1.82) is 0 Å². The van der Waals surface area contributed by atoms with Crippen LogP contribution in [0.2, 0.25) is 5.02 Å². The number of halogens is 1. The van der Waals surface area contributed by atoms with Crippen LogP contribution in [0, 0.1) is 0 Å². The summed E-state index contributed by atoms with van der Waals surface area (Å²) < 4.78 is 0. The number of para-hydroxylation sites is 1. The van der Waals surface area contributed by atoms with Crippen LogP contribution in [0.4, 0.5) is 5.69 Å². The molecular weight excluding hydrogens is 176 g/mol. The molecule has 0 bridgehead atoms. The van der Waals surface area contributed by atoms with E-state index in [1.165, 1.54) is 0 Å². The van der Waals surface area contributed by atoms with Crippen molar-refractivity contribution in [3.05, 3.63) is 29.3 Å². The Balaban J connectivity index is 2.69. The van der Waals surface area contributed by atoms with Gasteiger partial charge in [0, 0.05) is 0 Å². The highest BCUT2D eigenvalue weighted by molar-refractivity contribution is 6.33. The van der Waals surface area contributed by atoms with Gasteiger partial charge >= 0.3 is 0 Å². The number of aldehydes is 1. The Morgan fingerprint density at radius 1 is 1.42 bits per heavy atom. The Morgan fingerprint density at radius 3 is 2.83 bits per heavy atom. The van der Waals surface area contributed by atoms with Crippen LogP contribution >= 0.6 is 11.6 Å². The van der Waals surface area contributed by atoms with Gasteiger partial charge in [-0.25, -0.2) is 0 Å². The Bertz CT molecular complexity index is 299. The lowest BCUT2D eigenvalue weighted by Gasteiger charge is -2.00. The van der Waals surface area contributed by atoms with Crippen molar-refractivity contribution < 1.29 is 4.79 Å². The van der Waals surface area contributed by atoms with Crippen molar-refractivity contribution in [2.24, 2.45) is 5.10 Å². The van der Waals surface area contributed by atoms with Crippen LogP contribution in [0.3, 0.4) is 0 Å². The van der Waals surface area contributed by atoms with Gasteiger partial charge in [-0.15, -0.1) is 0 Å². The second-order valence-corrected chi connectivity index (χ2v) is 2.41. The molecule has 12 heavy (non-hydrogen) atoms. The molecule has 1 aromatic carbocycles. The van der Waals surface area contributed by atoms with E-state index in [0.29, 0.717) is 17.0 Å². The van der Waals surface area contributed by atoms with Crippen LogP contribution < -0.4 is 5.43 Å². The van der Waals surface area contributed by atoms with Crippen molar-refractivity contribution in [1.82, 2.24) is 0 Å². The molecule has 0 fully saturated rings. The number of hydrogen-bond donors (Lipinski definition) is 1. The highest BCUT2D eigenvalue weighted by atomic mass is 35.5. The number of carbonyl (C=O) groups is 1. The second kappa shape index (κ2) is 4.51. The van der Waals surface area contributed by atoms with E-state index < -0.39 is 0 Å². The number of anilines is 1. The molecule has 0 atom stereocenters. The molecule has 0 aliphatic carbocycles. The maximum atomic E-state index is 9.86. The molecule has 0 spiro atoms. The third kappa shape index (κ3) is 2.36. The van der Waals surface area contributed by atoms with Crippen LogP contribution in [-0.2, 0) is 4.79 Å². The topological polar surface area (TPSA) is 41.5 Å². The summed E-state index contributed by atoms with van der Waals surface area (Å²) in [6.45, 7) is 0. The number of rotatable bonds is 3. The van der Waals surface area contributed by atoms with Crippen molar-refractivity contribution in [3.8, 4) is 0 Å². The van der Waals surface area contributed by atoms with Crippen LogP contribution in [0.5, 0.6) is 0 Å². The molecule has 0 heterocycles. The van der Waals surface area contributed by atoms with Crippen LogP contribution in [0.25, 0.3) is 0 Å². The lowest BCUT2D eigenvalue weighted by atomic mass is 10.3. The van der Waals surface area contributed by atoms with E-state index in [1.807, 2.05) is 12.1 Å². The highest BCUT2D eigenvalue weighted by Crippen LogP contribution is 2.19. The quantitative estimate of drug-likeness (QED) is 0.441. The SMILES string of the molecule is O=CC=NNc1ccccc1Cl. The Hall–Kier alpha value is -1.35. The molecular formula is C8H7ClN2O. The lowest BCUT2D eigenvalue weighted by Crippen LogP contribution is -1.89. The fourth-order valence-corrected chi connectivity index (χ4v) is 0.867. The van der Waals surface area contributed by atoms with Gasteiger partial charge in [-0.3, -0.25) is 10.2 Å². The summed E-state index contributed by atoms with van der Waals surface area (Å²) in [5.41, 5.74) is 3.30. The lowest BCUT2D eigenvalue weighted by molar-refractivity contribution is -0.102. The van der Waals surface area contributed by atoms with Crippen molar-refractivity contribution in [2.45, 2.75) is 0 Å². The molecule has 0 aliphatic heterocycles. The van der Waals surface area contributed by atoms with Crippen molar-refractivity contribution >= 4 is 29.8 Å². The first-order valence-corrected chi connectivity index (χ1v) is 3.70. The summed E-state index contributed by atoms with van der Waals surface area (Å²) in [4.78, 5) is 9.86. The summed E-state index contributed by atoms with van der Waals surface area (Å²) >= 11 is 5.78.